The van der Waals surface area contributed by atoms with E-state index in [2.05, 4.69) is 14.9 Å². The second-order valence-electron chi connectivity index (χ2n) is 7.14. The minimum atomic E-state index is -3.74. The number of aryl methyl sites for hydroxylation is 1. The van der Waals surface area contributed by atoms with E-state index in [4.69, 9.17) is 4.98 Å². The molecule has 0 N–H and O–H groups in total. The maximum Gasteiger partial charge on any atom is 0.243 e. The van der Waals surface area contributed by atoms with Gasteiger partial charge in [0.05, 0.1) is 4.90 Å². The molecule has 156 valence electrons. The standard InChI is InChI=1S/C21H22FN5O2S/c1-15-16(2)24-20(19-8-3-4-9-23-19)25-21(15)26-10-12-27(13-11-26)30(28,29)18-7-5-6-17(22)14-18/h3-9,14H,10-13H2,1-2H3. The van der Waals surface area contributed by atoms with Gasteiger partial charge in [0.1, 0.15) is 17.3 Å². The Labute approximate surface area is 175 Å². The number of halogens is 1. The lowest BCUT2D eigenvalue weighted by atomic mass is 10.2. The molecule has 0 spiro atoms. The predicted octanol–water partition coefficient (Wildman–Crippen LogP) is 2.81. The number of hydrogen-bond donors (Lipinski definition) is 0. The molecule has 30 heavy (non-hydrogen) atoms. The van der Waals surface area contributed by atoms with Crippen LogP contribution < -0.4 is 4.90 Å². The van der Waals surface area contributed by atoms with Gasteiger partial charge in [-0.3, -0.25) is 4.98 Å². The van der Waals surface area contributed by atoms with Gasteiger partial charge in [0, 0.05) is 43.6 Å². The maximum absolute atomic E-state index is 13.5. The molecule has 0 amide bonds. The quantitative estimate of drug-likeness (QED) is 0.637. The minimum absolute atomic E-state index is 0.0255. The smallest absolute Gasteiger partial charge is 0.243 e. The number of rotatable bonds is 4. The lowest BCUT2D eigenvalue weighted by Crippen LogP contribution is -2.49. The van der Waals surface area contributed by atoms with Crippen LogP contribution in [0.25, 0.3) is 11.5 Å². The van der Waals surface area contributed by atoms with Crippen LogP contribution in [0.2, 0.25) is 0 Å². The number of aromatic nitrogens is 3. The predicted molar refractivity (Wildman–Crippen MR) is 112 cm³/mol. The fourth-order valence-electron chi connectivity index (χ4n) is 3.45. The third kappa shape index (κ3) is 3.90. The third-order valence-electron chi connectivity index (χ3n) is 5.23. The second-order valence-corrected chi connectivity index (χ2v) is 9.08. The van der Waals surface area contributed by atoms with Gasteiger partial charge in [-0.05, 0) is 44.2 Å². The molecule has 4 rings (SSSR count). The Morgan fingerprint density at radius 1 is 0.967 bits per heavy atom. The van der Waals surface area contributed by atoms with Crippen molar-refractivity contribution in [3.05, 3.63) is 65.7 Å². The number of benzene rings is 1. The van der Waals surface area contributed by atoms with Gasteiger partial charge in [-0.25, -0.2) is 22.8 Å². The summed E-state index contributed by atoms with van der Waals surface area (Å²) in [6, 6.07) is 10.7. The molecule has 1 aliphatic rings. The van der Waals surface area contributed by atoms with Gasteiger partial charge in [-0.1, -0.05) is 12.1 Å². The monoisotopic (exact) mass is 427 g/mol. The average Bonchev–Trinajstić information content (AvgIpc) is 2.76. The molecule has 3 heterocycles. The van der Waals surface area contributed by atoms with E-state index in [0.717, 1.165) is 23.1 Å². The first-order valence-corrected chi connectivity index (χ1v) is 11.1. The Morgan fingerprint density at radius 2 is 1.73 bits per heavy atom. The molecular weight excluding hydrogens is 405 g/mol. The SMILES string of the molecule is Cc1nc(-c2ccccn2)nc(N2CCN(S(=O)(=O)c3cccc(F)c3)CC2)c1C. The topological polar surface area (TPSA) is 79.3 Å². The van der Waals surface area contributed by atoms with Crippen molar-refractivity contribution in [1.82, 2.24) is 19.3 Å². The molecule has 1 fully saturated rings. The van der Waals surface area contributed by atoms with Crippen molar-refractivity contribution in [3.8, 4) is 11.5 Å². The number of anilines is 1. The second kappa shape index (κ2) is 8.08. The van der Waals surface area contributed by atoms with Gasteiger partial charge in [0.2, 0.25) is 10.0 Å². The zero-order valence-electron chi connectivity index (χ0n) is 16.8. The Kier molecular flexibility index (Phi) is 5.48. The zero-order chi connectivity index (χ0) is 21.3. The van der Waals surface area contributed by atoms with Gasteiger partial charge >= 0.3 is 0 Å². The number of pyridine rings is 1. The highest BCUT2D eigenvalue weighted by atomic mass is 32.2. The van der Waals surface area contributed by atoms with Crippen LogP contribution in [0.5, 0.6) is 0 Å². The van der Waals surface area contributed by atoms with E-state index >= 15 is 0 Å². The maximum atomic E-state index is 13.5. The summed E-state index contributed by atoms with van der Waals surface area (Å²) in [4.78, 5) is 15.6. The van der Waals surface area contributed by atoms with Crippen molar-refractivity contribution < 1.29 is 12.8 Å². The molecule has 9 heteroatoms. The molecule has 0 aliphatic carbocycles. The highest BCUT2D eigenvalue weighted by molar-refractivity contribution is 7.89. The molecule has 0 saturated carbocycles. The number of sulfonamides is 1. The molecular formula is C21H22FN5O2S. The summed E-state index contributed by atoms with van der Waals surface area (Å²) in [6.07, 6.45) is 1.70. The van der Waals surface area contributed by atoms with Crippen LogP contribution >= 0.6 is 0 Å². The minimum Gasteiger partial charge on any atom is -0.354 e. The molecule has 0 unspecified atom stereocenters. The number of piperazine rings is 1. The molecule has 0 bridgehead atoms. The van der Waals surface area contributed by atoms with Gasteiger partial charge in [0.25, 0.3) is 0 Å². The first-order valence-electron chi connectivity index (χ1n) is 9.63. The van der Waals surface area contributed by atoms with Crippen LogP contribution in [0, 0.1) is 19.7 Å². The van der Waals surface area contributed by atoms with E-state index in [1.54, 1.807) is 6.20 Å². The molecule has 1 aliphatic heterocycles. The van der Waals surface area contributed by atoms with E-state index in [0.29, 0.717) is 37.7 Å². The van der Waals surface area contributed by atoms with Crippen molar-refractivity contribution in [2.24, 2.45) is 0 Å². The third-order valence-corrected chi connectivity index (χ3v) is 7.12. The van der Waals surface area contributed by atoms with Gasteiger partial charge in [0.15, 0.2) is 5.82 Å². The van der Waals surface area contributed by atoms with Crippen LogP contribution in [0.15, 0.2) is 53.6 Å². The summed E-state index contributed by atoms with van der Waals surface area (Å²) < 4.78 is 40.6. The van der Waals surface area contributed by atoms with Crippen LogP contribution in [0.1, 0.15) is 11.3 Å². The molecule has 1 aromatic carbocycles. The summed E-state index contributed by atoms with van der Waals surface area (Å²) in [6.45, 7) is 5.43. The highest BCUT2D eigenvalue weighted by Gasteiger charge is 2.30. The van der Waals surface area contributed by atoms with Crippen LogP contribution in [-0.4, -0.2) is 53.9 Å². The molecule has 1 saturated heterocycles. The largest absolute Gasteiger partial charge is 0.354 e. The normalized spacial score (nSPS) is 15.4. The number of nitrogens with zero attached hydrogens (tertiary/aromatic N) is 5. The van der Waals surface area contributed by atoms with Gasteiger partial charge in [-0.2, -0.15) is 4.31 Å². The van der Waals surface area contributed by atoms with Crippen molar-refractivity contribution >= 4 is 15.8 Å². The molecule has 0 atom stereocenters. The van der Waals surface area contributed by atoms with Crippen LogP contribution in [0.4, 0.5) is 10.2 Å². The van der Waals surface area contributed by atoms with Gasteiger partial charge < -0.3 is 4.90 Å². The van der Waals surface area contributed by atoms with E-state index in [1.165, 1.54) is 22.5 Å². The Hall–Kier alpha value is -2.91. The Morgan fingerprint density at radius 3 is 2.40 bits per heavy atom. The van der Waals surface area contributed by atoms with E-state index in [9.17, 15) is 12.8 Å². The van der Waals surface area contributed by atoms with Crippen molar-refractivity contribution in [3.63, 3.8) is 0 Å². The molecule has 3 aromatic rings. The van der Waals surface area contributed by atoms with E-state index < -0.39 is 15.8 Å². The highest BCUT2D eigenvalue weighted by Crippen LogP contribution is 2.26. The lowest BCUT2D eigenvalue weighted by molar-refractivity contribution is 0.383. The first-order chi connectivity index (χ1) is 14.4. The molecule has 2 aromatic heterocycles. The molecule has 7 nitrogen and oxygen atoms in total. The number of hydrogen-bond acceptors (Lipinski definition) is 6. The Balaban J connectivity index is 1.57. The lowest BCUT2D eigenvalue weighted by Gasteiger charge is -2.35. The van der Waals surface area contributed by atoms with Crippen molar-refractivity contribution in [2.75, 3.05) is 31.1 Å². The average molecular weight is 428 g/mol. The summed E-state index contributed by atoms with van der Waals surface area (Å²) in [5, 5.41) is 0. The summed E-state index contributed by atoms with van der Waals surface area (Å²) in [5.74, 6) is 0.762. The summed E-state index contributed by atoms with van der Waals surface area (Å²) >= 11 is 0. The zero-order valence-corrected chi connectivity index (χ0v) is 17.6. The van der Waals surface area contributed by atoms with Crippen LogP contribution in [-0.2, 0) is 10.0 Å². The Bertz CT molecular complexity index is 1160. The fraction of sp³-hybridized carbons (Fsp3) is 0.286. The van der Waals surface area contributed by atoms with E-state index in [1.807, 2.05) is 32.0 Å². The first kappa shape index (κ1) is 20.4. The van der Waals surface area contributed by atoms with Crippen LogP contribution in [0.3, 0.4) is 0 Å². The van der Waals surface area contributed by atoms with Gasteiger partial charge in [-0.15, -0.1) is 0 Å². The van der Waals surface area contributed by atoms with Crippen molar-refractivity contribution in [1.29, 1.82) is 0 Å². The summed E-state index contributed by atoms with van der Waals surface area (Å²) in [7, 11) is -3.74. The fourth-order valence-corrected chi connectivity index (χ4v) is 4.90. The van der Waals surface area contributed by atoms with Crippen molar-refractivity contribution in [2.45, 2.75) is 18.7 Å². The van der Waals surface area contributed by atoms with E-state index in [-0.39, 0.29) is 4.90 Å². The molecule has 0 radical (unpaired) electrons. The summed E-state index contributed by atoms with van der Waals surface area (Å²) in [5.41, 5.74) is 2.50.